The first-order valence-corrected chi connectivity index (χ1v) is 4.74. The number of sulfone groups is 1. The lowest BCUT2D eigenvalue weighted by atomic mass is 10.5. The third kappa shape index (κ3) is 1.77. The molecule has 0 aliphatic rings. The van der Waals surface area contributed by atoms with Crippen LogP contribution in [0.2, 0.25) is 0 Å². The minimum Gasteiger partial charge on any atom is -0.263 e. The van der Waals surface area contributed by atoms with Gasteiger partial charge in [-0.25, -0.2) is 8.42 Å². The fraction of sp³-hybridized carbons (Fsp3) is 0.143. The predicted molar refractivity (Wildman–Crippen MR) is 41.6 cm³/mol. The molecule has 0 saturated heterocycles. The van der Waals surface area contributed by atoms with E-state index in [1.807, 2.05) is 0 Å². The lowest BCUT2D eigenvalue weighted by Crippen LogP contribution is -2.03. The van der Waals surface area contributed by atoms with Crippen molar-refractivity contribution in [1.82, 2.24) is 4.98 Å². The van der Waals surface area contributed by atoms with Crippen LogP contribution in [0.25, 0.3) is 0 Å². The van der Waals surface area contributed by atoms with Crippen LogP contribution in [0.1, 0.15) is 0 Å². The van der Waals surface area contributed by atoms with Gasteiger partial charge in [-0.05, 0) is 19.1 Å². The van der Waals surface area contributed by atoms with Crippen molar-refractivity contribution in [3.8, 4) is 0 Å². The molecule has 0 aliphatic carbocycles. The van der Waals surface area contributed by atoms with Gasteiger partial charge in [-0.2, -0.15) is 0 Å². The highest BCUT2D eigenvalue weighted by Crippen LogP contribution is 2.06. The van der Waals surface area contributed by atoms with Gasteiger partial charge < -0.3 is 0 Å². The smallest absolute Gasteiger partial charge is 0.179 e. The quantitative estimate of drug-likeness (QED) is 0.656. The second-order valence-electron chi connectivity index (χ2n) is 2.01. The summed E-state index contributed by atoms with van der Waals surface area (Å²) in [4.78, 5) is 3.92. The molecule has 59 valence electrons. The Labute approximate surface area is 66.0 Å². The van der Waals surface area contributed by atoms with E-state index in [0.717, 1.165) is 0 Å². The Morgan fingerprint density at radius 1 is 1.55 bits per heavy atom. The molecule has 11 heavy (non-hydrogen) atoms. The normalized spacial score (nSPS) is 11.4. The lowest BCUT2D eigenvalue weighted by Gasteiger charge is -1.97. The highest BCUT2D eigenvalue weighted by Gasteiger charge is 2.09. The van der Waals surface area contributed by atoms with Crippen LogP contribution in [-0.2, 0) is 9.84 Å². The van der Waals surface area contributed by atoms with Gasteiger partial charge in [-0.15, -0.1) is 0 Å². The molecule has 0 atom stereocenters. The minimum absolute atomic E-state index is 0.126. The first kappa shape index (κ1) is 8.20. The zero-order valence-corrected chi connectivity index (χ0v) is 6.71. The Morgan fingerprint density at radius 3 is 2.73 bits per heavy atom. The van der Waals surface area contributed by atoms with Crippen LogP contribution in [0.15, 0.2) is 29.4 Å². The number of pyridine rings is 1. The molecule has 0 saturated carbocycles. The van der Waals surface area contributed by atoms with E-state index in [9.17, 15) is 8.42 Å². The van der Waals surface area contributed by atoms with Crippen LogP contribution in [-0.4, -0.2) is 19.2 Å². The molecule has 0 unspecified atom stereocenters. The Hall–Kier alpha value is -0.900. The van der Waals surface area contributed by atoms with E-state index in [1.54, 1.807) is 6.07 Å². The van der Waals surface area contributed by atoms with Crippen molar-refractivity contribution >= 4 is 9.84 Å². The fourth-order valence-electron chi connectivity index (χ4n) is 0.649. The Kier molecular flexibility index (Phi) is 2.24. The maximum atomic E-state index is 11.1. The summed E-state index contributed by atoms with van der Waals surface area (Å²) < 4.78 is 22.2. The molecule has 1 aromatic heterocycles. The standard InChI is InChI=1S/C7H8NO2S/c1-2-11(9,10)7-4-3-5-8-6-7/h3-6H,1-2H2. The third-order valence-corrected chi connectivity index (χ3v) is 2.76. The number of hydrogen-bond donors (Lipinski definition) is 0. The summed E-state index contributed by atoms with van der Waals surface area (Å²) in [6.45, 7) is 3.32. The van der Waals surface area contributed by atoms with Crippen LogP contribution in [0.3, 0.4) is 0 Å². The summed E-state index contributed by atoms with van der Waals surface area (Å²) in [5.41, 5.74) is 0. The van der Waals surface area contributed by atoms with Crippen LogP contribution in [0.4, 0.5) is 0 Å². The largest absolute Gasteiger partial charge is 0.263 e. The maximum absolute atomic E-state index is 11.1. The van der Waals surface area contributed by atoms with Crippen molar-refractivity contribution in [2.75, 3.05) is 5.75 Å². The Morgan fingerprint density at radius 2 is 2.27 bits per heavy atom. The summed E-state index contributed by atoms with van der Waals surface area (Å²) in [6, 6.07) is 3.09. The first-order valence-electron chi connectivity index (χ1n) is 3.09. The number of nitrogens with zero attached hydrogens (tertiary/aromatic N) is 1. The van der Waals surface area contributed by atoms with Crippen LogP contribution < -0.4 is 0 Å². The monoisotopic (exact) mass is 170 g/mol. The molecule has 0 fully saturated rings. The molecule has 3 nitrogen and oxygen atoms in total. The molecule has 1 rings (SSSR count). The van der Waals surface area contributed by atoms with Crippen molar-refractivity contribution in [2.24, 2.45) is 0 Å². The van der Waals surface area contributed by atoms with Crippen molar-refractivity contribution in [3.63, 3.8) is 0 Å². The Bertz CT molecular complexity index is 318. The first-order chi connectivity index (χ1) is 5.17. The molecule has 0 aromatic carbocycles. The van der Waals surface area contributed by atoms with Gasteiger partial charge in [0, 0.05) is 12.4 Å². The van der Waals surface area contributed by atoms with Crippen LogP contribution in [0.5, 0.6) is 0 Å². The Balaban J connectivity index is 3.14. The number of aromatic nitrogens is 1. The van der Waals surface area contributed by atoms with Gasteiger partial charge in [-0.3, -0.25) is 4.98 Å². The van der Waals surface area contributed by atoms with Crippen LogP contribution in [0, 0.1) is 6.92 Å². The third-order valence-electron chi connectivity index (χ3n) is 1.26. The van der Waals surface area contributed by atoms with E-state index in [-0.39, 0.29) is 10.6 Å². The van der Waals surface area contributed by atoms with E-state index < -0.39 is 9.84 Å². The molecular formula is C7H8NO2S. The van der Waals surface area contributed by atoms with Crippen molar-refractivity contribution < 1.29 is 8.42 Å². The maximum Gasteiger partial charge on any atom is 0.179 e. The highest BCUT2D eigenvalue weighted by atomic mass is 32.2. The van der Waals surface area contributed by atoms with Gasteiger partial charge >= 0.3 is 0 Å². The molecule has 0 bridgehead atoms. The van der Waals surface area contributed by atoms with Crippen molar-refractivity contribution in [3.05, 3.63) is 31.5 Å². The van der Waals surface area contributed by atoms with E-state index in [0.29, 0.717) is 0 Å². The fourth-order valence-corrected chi connectivity index (χ4v) is 1.39. The molecule has 0 amide bonds. The average molecular weight is 170 g/mol. The molecule has 0 aliphatic heterocycles. The summed E-state index contributed by atoms with van der Waals surface area (Å²) in [5, 5.41) is 0. The van der Waals surface area contributed by atoms with Gasteiger partial charge in [-0.1, -0.05) is 0 Å². The second kappa shape index (κ2) is 3.00. The topological polar surface area (TPSA) is 47.0 Å². The van der Waals surface area contributed by atoms with Gasteiger partial charge in [0.25, 0.3) is 0 Å². The van der Waals surface area contributed by atoms with E-state index in [1.165, 1.54) is 18.5 Å². The molecule has 0 spiro atoms. The number of hydrogen-bond acceptors (Lipinski definition) is 3. The molecule has 0 N–H and O–H groups in total. The second-order valence-corrected chi connectivity index (χ2v) is 4.12. The number of rotatable bonds is 2. The molecule has 4 heteroatoms. The summed E-state index contributed by atoms with van der Waals surface area (Å²) in [6.07, 6.45) is 2.85. The van der Waals surface area contributed by atoms with E-state index in [2.05, 4.69) is 11.9 Å². The van der Waals surface area contributed by atoms with Gasteiger partial charge in [0.1, 0.15) is 0 Å². The SMILES string of the molecule is [CH2]CS(=O)(=O)c1cccnc1. The van der Waals surface area contributed by atoms with Gasteiger partial charge in [0.05, 0.1) is 10.6 Å². The average Bonchev–Trinajstić information content (AvgIpc) is 2.06. The molecule has 1 aromatic rings. The predicted octanol–water partition coefficient (Wildman–Crippen LogP) is 0.689. The van der Waals surface area contributed by atoms with Crippen molar-refractivity contribution in [1.29, 1.82) is 0 Å². The van der Waals surface area contributed by atoms with Crippen LogP contribution >= 0.6 is 0 Å². The summed E-state index contributed by atoms with van der Waals surface area (Å²) >= 11 is 0. The summed E-state index contributed by atoms with van der Waals surface area (Å²) in [5.74, 6) is -0.126. The summed E-state index contributed by atoms with van der Waals surface area (Å²) in [7, 11) is -3.17. The molecule has 1 radical (unpaired) electrons. The zero-order valence-electron chi connectivity index (χ0n) is 5.90. The van der Waals surface area contributed by atoms with Gasteiger partial charge in [0.2, 0.25) is 0 Å². The highest BCUT2D eigenvalue weighted by molar-refractivity contribution is 7.91. The van der Waals surface area contributed by atoms with E-state index >= 15 is 0 Å². The van der Waals surface area contributed by atoms with Crippen molar-refractivity contribution in [2.45, 2.75) is 4.90 Å². The van der Waals surface area contributed by atoms with Gasteiger partial charge in [0.15, 0.2) is 9.84 Å². The van der Waals surface area contributed by atoms with E-state index in [4.69, 9.17) is 0 Å². The molecule has 1 heterocycles. The zero-order chi connectivity index (χ0) is 8.32. The lowest BCUT2D eigenvalue weighted by molar-refractivity contribution is 0.598. The molecular weight excluding hydrogens is 162 g/mol. The minimum atomic E-state index is -3.17.